The van der Waals surface area contributed by atoms with Crippen molar-refractivity contribution in [3.8, 4) is 0 Å². The smallest absolute Gasteiger partial charge is 0.0794 e. The lowest BCUT2D eigenvalue weighted by Gasteiger charge is -2.15. The molecule has 0 spiro atoms. The number of rotatable bonds is 4. The third-order valence-electron chi connectivity index (χ3n) is 2.45. The largest absolute Gasteiger partial charge is 0.313 e. The Kier molecular flexibility index (Phi) is 3.48. The molecule has 1 aromatic carbocycles. The van der Waals surface area contributed by atoms with Crippen molar-refractivity contribution >= 4 is 11.3 Å². The van der Waals surface area contributed by atoms with Crippen LogP contribution in [0.4, 0.5) is 0 Å². The van der Waals surface area contributed by atoms with Crippen molar-refractivity contribution in [1.82, 2.24) is 10.3 Å². The first-order chi connectivity index (χ1) is 7.40. The highest BCUT2D eigenvalue weighted by atomic mass is 32.1. The van der Waals surface area contributed by atoms with Crippen LogP contribution in [0.2, 0.25) is 0 Å². The van der Waals surface area contributed by atoms with Crippen molar-refractivity contribution < 1.29 is 0 Å². The average Bonchev–Trinajstić information content (AvgIpc) is 2.80. The minimum absolute atomic E-state index is 0.355. The Morgan fingerprint density at radius 1 is 1.33 bits per heavy atom. The lowest BCUT2D eigenvalue weighted by Crippen LogP contribution is -2.18. The molecule has 0 aliphatic rings. The quantitative estimate of drug-likeness (QED) is 0.853. The molecule has 2 aromatic rings. The van der Waals surface area contributed by atoms with Crippen molar-refractivity contribution in [2.75, 3.05) is 7.05 Å². The van der Waals surface area contributed by atoms with Gasteiger partial charge in [0.05, 0.1) is 11.2 Å². The molecule has 3 heteroatoms. The van der Waals surface area contributed by atoms with Gasteiger partial charge < -0.3 is 5.32 Å². The first kappa shape index (κ1) is 10.3. The molecule has 2 rings (SSSR count). The average molecular weight is 218 g/mol. The van der Waals surface area contributed by atoms with E-state index in [9.17, 15) is 0 Å². The van der Waals surface area contributed by atoms with Crippen molar-refractivity contribution in [1.29, 1.82) is 0 Å². The van der Waals surface area contributed by atoms with Gasteiger partial charge in [-0.3, -0.25) is 0 Å². The van der Waals surface area contributed by atoms with Gasteiger partial charge in [-0.1, -0.05) is 30.3 Å². The van der Waals surface area contributed by atoms with Gasteiger partial charge in [-0.05, 0) is 12.6 Å². The molecule has 0 aliphatic carbocycles. The topological polar surface area (TPSA) is 24.9 Å². The Balaban J connectivity index is 2.12. The zero-order chi connectivity index (χ0) is 10.5. The lowest BCUT2D eigenvalue weighted by atomic mass is 10.0. The molecule has 0 bridgehead atoms. The number of nitrogens with one attached hydrogen (secondary N) is 1. The first-order valence-electron chi connectivity index (χ1n) is 4.99. The zero-order valence-electron chi connectivity index (χ0n) is 8.68. The van der Waals surface area contributed by atoms with Crippen LogP contribution in [0, 0.1) is 0 Å². The molecule has 1 heterocycles. The Bertz CT molecular complexity index is 383. The van der Waals surface area contributed by atoms with Gasteiger partial charge in [-0.2, -0.15) is 0 Å². The summed E-state index contributed by atoms with van der Waals surface area (Å²) in [6, 6.07) is 10.8. The highest BCUT2D eigenvalue weighted by molar-refractivity contribution is 7.07. The van der Waals surface area contributed by atoms with E-state index in [1.54, 1.807) is 11.3 Å². The van der Waals surface area contributed by atoms with Gasteiger partial charge in [0, 0.05) is 17.8 Å². The standard InChI is InChI=1S/C12H14N2S/c1-13-12(7-11-8-15-9-14-11)10-5-3-2-4-6-10/h2-6,8-9,12-13H,7H2,1H3. The van der Waals surface area contributed by atoms with Gasteiger partial charge >= 0.3 is 0 Å². The van der Waals surface area contributed by atoms with Gasteiger partial charge in [-0.15, -0.1) is 11.3 Å². The molecule has 1 atom stereocenters. The fourth-order valence-corrected chi connectivity index (χ4v) is 2.19. The molecule has 0 aliphatic heterocycles. The maximum absolute atomic E-state index is 4.31. The molecule has 0 amide bonds. The monoisotopic (exact) mass is 218 g/mol. The minimum Gasteiger partial charge on any atom is -0.313 e. The number of nitrogens with zero attached hydrogens (tertiary/aromatic N) is 1. The van der Waals surface area contributed by atoms with E-state index >= 15 is 0 Å². The van der Waals surface area contributed by atoms with Crippen molar-refractivity contribution in [2.45, 2.75) is 12.5 Å². The van der Waals surface area contributed by atoms with Gasteiger partial charge in [0.25, 0.3) is 0 Å². The summed E-state index contributed by atoms with van der Waals surface area (Å²) in [5.74, 6) is 0. The van der Waals surface area contributed by atoms with Crippen LogP contribution in [0.25, 0.3) is 0 Å². The Labute approximate surface area is 94.0 Å². The molecule has 1 unspecified atom stereocenters. The van der Waals surface area contributed by atoms with E-state index in [4.69, 9.17) is 0 Å². The van der Waals surface area contributed by atoms with Crippen LogP contribution in [-0.2, 0) is 6.42 Å². The molecule has 2 nitrogen and oxygen atoms in total. The molecule has 1 aromatic heterocycles. The van der Waals surface area contributed by atoms with Gasteiger partial charge in [0.15, 0.2) is 0 Å². The molecular weight excluding hydrogens is 204 g/mol. The SMILES string of the molecule is CNC(Cc1cscn1)c1ccccc1. The maximum atomic E-state index is 4.31. The number of aromatic nitrogens is 1. The fraction of sp³-hybridized carbons (Fsp3) is 0.250. The molecule has 0 saturated heterocycles. The minimum atomic E-state index is 0.355. The number of hydrogen-bond acceptors (Lipinski definition) is 3. The normalized spacial score (nSPS) is 12.6. The second-order valence-electron chi connectivity index (χ2n) is 3.44. The van der Waals surface area contributed by atoms with Crippen molar-refractivity contribution in [3.05, 3.63) is 52.5 Å². The number of benzene rings is 1. The predicted octanol–water partition coefficient (Wildman–Crippen LogP) is 2.65. The predicted molar refractivity (Wildman–Crippen MR) is 64.1 cm³/mol. The maximum Gasteiger partial charge on any atom is 0.0794 e. The van der Waals surface area contributed by atoms with E-state index in [-0.39, 0.29) is 0 Å². The molecule has 78 valence electrons. The van der Waals surface area contributed by atoms with E-state index in [0.29, 0.717) is 6.04 Å². The fourth-order valence-electron chi connectivity index (χ4n) is 1.62. The summed E-state index contributed by atoms with van der Waals surface area (Å²) < 4.78 is 0. The van der Waals surface area contributed by atoms with Gasteiger partial charge in [-0.25, -0.2) is 4.98 Å². The summed E-state index contributed by atoms with van der Waals surface area (Å²) in [6.07, 6.45) is 0.948. The highest BCUT2D eigenvalue weighted by Crippen LogP contribution is 2.17. The second kappa shape index (κ2) is 5.05. The molecule has 1 N–H and O–H groups in total. The van der Waals surface area contributed by atoms with E-state index in [2.05, 4.69) is 39.9 Å². The number of likely N-dealkylation sites (N-methyl/N-ethyl adjacent to an activating group) is 1. The molecule has 15 heavy (non-hydrogen) atoms. The van der Waals surface area contributed by atoms with Crippen LogP contribution in [-0.4, -0.2) is 12.0 Å². The van der Waals surface area contributed by atoms with E-state index < -0.39 is 0 Å². The van der Waals surface area contributed by atoms with Gasteiger partial charge in [0.1, 0.15) is 0 Å². The third-order valence-corrected chi connectivity index (χ3v) is 3.08. The Hall–Kier alpha value is -1.19. The van der Waals surface area contributed by atoms with E-state index in [0.717, 1.165) is 12.1 Å². The third kappa shape index (κ3) is 2.64. The zero-order valence-corrected chi connectivity index (χ0v) is 9.50. The summed E-state index contributed by atoms with van der Waals surface area (Å²) in [4.78, 5) is 4.31. The number of hydrogen-bond donors (Lipinski definition) is 1. The Morgan fingerprint density at radius 3 is 2.73 bits per heavy atom. The van der Waals surface area contributed by atoms with Gasteiger partial charge in [0.2, 0.25) is 0 Å². The number of thiazole rings is 1. The van der Waals surface area contributed by atoms with Crippen LogP contribution in [0.5, 0.6) is 0 Å². The second-order valence-corrected chi connectivity index (χ2v) is 4.15. The first-order valence-corrected chi connectivity index (χ1v) is 5.93. The van der Waals surface area contributed by atoms with Crippen LogP contribution >= 0.6 is 11.3 Å². The highest BCUT2D eigenvalue weighted by Gasteiger charge is 2.10. The molecular formula is C12H14N2S. The molecule has 0 saturated carbocycles. The molecule has 0 radical (unpaired) electrons. The molecule has 0 fully saturated rings. The van der Waals surface area contributed by atoms with E-state index in [1.807, 2.05) is 18.6 Å². The van der Waals surface area contributed by atoms with Crippen LogP contribution in [0.15, 0.2) is 41.2 Å². The lowest BCUT2D eigenvalue weighted by molar-refractivity contribution is 0.586. The summed E-state index contributed by atoms with van der Waals surface area (Å²) in [6.45, 7) is 0. The van der Waals surface area contributed by atoms with Crippen molar-refractivity contribution in [2.24, 2.45) is 0 Å². The summed E-state index contributed by atoms with van der Waals surface area (Å²) in [5, 5.41) is 5.43. The Morgan fingerprint density at radius 2 is 2.13 bits per heavy atom. The summed E-state index contributed by atoms with van der Waals surface area (Å²) in [7, 11) is 1.99. The van der Waals surface area contributed by atoms with Crippen LogP contribution < -0.4 is 5.32 Å². The van der Waals surface area contributed by atoms with E-state index in [1.165, 1.54) is 5.56 Å². The van der Waals surface area contributed by atoms with Crippen LogP contribution in [0.3, 0.4) is 0 Å². The van der Waals surface area contributed by atoms with Crippen molar-refractivity contribution in [3.63, 3.8) is 0 Å². The van der Waals surface area contributed by atoms with Crippen LogP contribution in [0.1, 0.15) is 17.3 Å². The summed E-state index contributed by atoms with van der Waals surface area (Å²) in [5.41, 5.74) is 4.35. The summed E-state index contributed by atoms with van der Waals surface area (Å²) >= 11 is 1.65.